The third-order valence-electron chi connectivity index (χ3n) is 2.81. The molecule has 1 aromatic carbocycles. The first-order valence-corrected chi connectivity index (χ1v) is 6.22. The second-order valence-corrected chi connectivity index (χ2v) is 4.55. The summed E-state index contributed by atoms with van der Waals surface area (Å²) in [5.74, 6) is 0.828. The molecule has 1 saturated heterocycles. The molecule has 4 nitrogen and oxygen atoms in total. The molecule has 0 spiro atoms. The molecule has 1 heterocycles. The largest absolute Gasteiger partial charge is 0.489 e. The van der Waals surface area contributed by atoms with Gasteiger partial charge in [0.05, 0.1) is 31.1 Å². The average Bonchev–Trinajstić information content (AvgIpc) is 2.39. The molecule has 2 rings (SSSR count). The number of nitriles is 1. The molecule has 1 unspecified atom stereocenters. The quantitative estimate of drug-likeness (QED) is 0.820. The molecule has 1 aliphatic heterocycles. The molecule has 0 aliphatic carbocycles. The van der Waals surface area contributed by atoms with E-state index in [-0.39, 0.29) is 12.1 Å². The number of ether oxygens (including phenoxy) is 2. The minimum Gasteiger partial charge on any atom is -0.489 e. The first kappa shape index (κ1) is 12.7. The van der Waals surface area contributed by atoms with E-state index in [0.29, 0.717) is 13.2 Å². The topological polar surface area (TPSA) is 45.5 Å². The molecule has 1 aromatic rings. The first-order valence-electron chi connectivity index (χ1n) is 6.22. The highest BCUT2D eigenvalue weighted by molar-refractivity contribution is 5.60. The summed E-state index contributed by atoms with van der Waals surface area (Å²) in [6.07, 6.45) is 0.118. The number of para-hydroxylation sites is 2. The standard InChI is InChI=1S/C14H18N2O2/c1-11(2)18-14-6-4-3-5-13(14)16-7-8-17-10-12(16)9-15/h3-6,11-12H,7-8,10H2,1-2H3. The third kappa shape index (κ3) is 2.74. The number of morpholine rings is 1. The summed E-state index contributed by atoms with van der Waals surface area (Å²) in [6.45, 7) is 5.81. The van der Waals surface area contributed by atoms with Gasteiger partial charge in [0.1, 0.15) is 11.8 Å². The normalized spacial score (nSPS) is 19.7. The van der Waals surface area contributed by atoms with Gasteiger partial charge >= 0.3 is 0 Å². The van der Waals surface area contributed by atoms with Crippen molar-refractivity contribution in [2.75, 3.05) is 24.7 Å². The monoisotopic (exact) mass is 246 g/mol. The van der Waals surface area contributed by atoms with Crippen LogP contribution in [-0.4, -0.2) is 31.9 Å². The fourth-order valence-electron chi connectivity index (χ4n) is 2.05. The molecule has 0 saturated carbocycles. The van der Waals surface area contributed by atoms with Gasteiger partial charge in [-0.25, -0.2) is 0 Å². The van der Waals surface area contributed by atoms with Crippen LogP contribution in [0.15, 0.2) is 24.3 Å². The summed E-state index contributed by atoms with van der Waals surface area (Å²) < 4.78 is 11.1. The zero-order chi connectivity index (χ0) is 13.0. The summed E-state index contributed by atoms with van der Waals surface area (Å²) in [4.78, 5) is 2.06. The molecule has 1 aliphatic rings. The van der Waals surface area contributed by atoms with E-state index in [4.69, 9.17) is 9.47 Å². The Labute approximate surface area is 108 Å². The second kappa shape index (κ2) is 5.74. The highest BCUT2D eigenvalue weighted by atomic mass is 16.5. The zero-order valence-corrected chi connectivity index (χ0v) is 10.8. The minimum atomic E-state index is -0.240. The van der Waals surface area contributed by atoms with Crippen LogP contribution >= 0.6 is 0 Å². The van der Waals surface area contributed by atoms with Gasteiger partial charge in [0.15, 0.2) is 0 Å². The van der Waals surface area contributed by atoms with Crippen LogP contribution in [0.3, 0.4) is 0 Å². The number of nitrogens with zero attached hydrogens (tertiary/aromatic N) is 2. The van der Waals surface area contributed by atoms with E-state index < -0.39 is 0 Å². The van der Waals surface area contributed by atoms with Crippen molar-refractivity contribution in [2.24, 2.45) is 0 Å². The molecule has 0 amide bonds. The SMILES string of the molecule is CC(C)Oc1ccccc1N1CCOCC1C#N. The van der Waals surface area contributed by atoms with Crippen LogP contribution < -0.4 is 9.64 Å². The van der Waals surface area contributed by atoms with E-state index in [2.05, 4.69) is 11.0 Å². The van der Waals surface area contributed by atoms with Gasteiger partial charge in [-0.1, -0.05) is 12.1 Å². The fourth-order valence-corrected chi connectivity index (χ4v) is 2.05. The lowest BCUT2D eigenvalue weighted by molar-refractivity contribution is 0.107. The number of anilines is 1. The van der Waals surface area contributed by atoms with Crippen molar-refractivity contribution in [3.8, 4) is 11.8 Å². The predicted octanol–water partition coefficient (Wildman–Crippen LogP) is 2.20. The maximum absolute atomic E-state index is 9.18. The Kier molecular flexibility index (Phi) is 4.06. The lowest BCUT2D eigenvalue weighted by Gasteiger charge is -2.34. The summed E-state index contributed by atoms with van der Waals surface area (Å²) >= 11 is 0. The van der Waals surface area contributed by atoms with Crippen LogP contribution in [0.1, 0.15) is 13.8 Å². The molecule has 1 atom stereocenters. The van der Waals surface area contributed by atoms with Crippen molar-refractivity contribution in [1.82, 2.24) is 0 Å². The Morgan fingerprint density at radius 3 is 2.94 bits per heavy atom. The van der Waals surface area contributed by atoms with Gasteiger partial charge in [0.25, 0.3) is 0 Å². The first-order chi connectivity index (χ1) is 8.72. The molecule has 4 heteroatoms. The third-order valence-corrected chi connectivity index (χ3v) is 2.81. The molecule has 1 fully saturated rings. The number of hydrogen-bond donors (Lipinski definition) is 0. The van der Waals surface area contributed by atoms with Gasteiger partial charge in [0.2, 0.25) is 0 Å². The molecule has 0 aromatic heterocycles. The van der Waals surface area contributed by atoms with Crippen LogP contribution in [0, 0.1) is 11.3 Å². The zero-order valence-electron chi connectivity index (χ0n) is 10.8. The van der Waals surface area contributed by atoms with Crippen molar-refractivity contribution in [3.05, 3.63) is 24.3 Å². The Balaban J connectivity index is 2.28. The molecule has 0 N–H and O–H groups in total. The van der Waals surface area contributed by atoms with Crippen molar-refractivity contribution >= 4 is 5.69 Å². The van der Waals surface area contributed by atoms with E-state index in [1.807, 2.05) is 38.1 Å². The number of hydrogen-bond acceptors (Lipinski definition) is 4. The maximum Gasteiger partial charge on any atom is 0.143 e. The van der Waals surface area contributed by atoms with E-state index in [9.17, 15) is 5.26 Å². The second-order valence-electron chi connectivity index (χ2n) is 4.55. The Morgan fingerprint density at radius 1 is 1.44 bits per heavy atom. The highest BCUT2D eigenvalue weighted by Crippen LogP contribution is 2.31. The van der Waals surface area contributed by atoms with Crippen LogP contribution in [0.5, 0.6) is 5.75 Å². The molecule has 96 valence electrons. The summed E-state index contributed by atoms with van der Waals surface area (Å²) in [5.41, 5.74) is 0.973. The van der Waals surface area contributed by atoms with E-state index in [1.165, 1.54) is 0 Å². The summed E-state index contributed by atoms with van der Waals surface area (Å²) in [7, 11) is 0. The molecular formula is C14H18N2O2. The van der Waals surface area contributed by atoms with Crippen molar-refractivity contribution in [3.63, 3.8) is 0 Å². The van der Waals surface area contributed by atoms with E-state index >= 15 is 0 Å². The van der Waals surface area contributed by atoms with Crippen molar-refractivity contribution in [1.29, 1.82) is 5.26 Å². The van der Waals surface area contributed by atoms with E-state index in [1.54, 1.807) is 0 Å². The van der Waals surface area contributed by atoms with E-state index in [0.717, 1.165) is 18.0 Å². The summed E-state index contributed by atoms with van der Waals surface area (Å²) in [6, 6.07) is 9.89. The lowest BCUT2D eigenvalue weighted by Crippen LogP contribution is -2.44. The van der Waals surface area contributed by atoms with Gasteiger partial charge in [-0.15, -0.1) is 0 Å². The molecule has 18 heavy (non-hydrogen) atoms. The highest BCUT2D eigenvalue weighted by Gasteiger charge is 2.25. The van der Waals surface area contributed by atoms with Crippen LogP contribution in [0.25, 0.3) is 0 Å². The van der Waals surface area contributed by atoms with Crippen LogP contribution in [0.2, 0.25) is 0 Å². The van der Waals surface area contributed by atoms with Gasteiger partial charge in [-0.3, -0.25) is 0 Å². The number of rotatable bonds is 3. The predicted molar refractivity (Wildman–Crippen MR) is 69.8 cm³/mol. The van der Waals surface area contributed by atoms with Gasteiger partial charge in [0, 0.05) is 6.54 Å². The lowest BCUT2D eigenvalue weighted by atomic mass is 10.2. The Morgan fingerprint density at radius 2 is 2.22 bits per heavy atom. The van der Waals surface area contributed by atoms with Crippen molar-refractivity contribution in [2.45, 2.75) is 26.0 Å². The molecule has 0 bridgehead atoms. The summed E-state index contributed by atoms with van der Waals surface area (Å²) in [5, 5.41) is 9.18. The fraction of sp³-hybridized carbons (Fsp3) is 0.500. The minimum absolute atomic E-state index is 0.118. The molecular weight excluding hydrogens is 228 g/mol. The number of benzene rings is 1. The van der Waals surface area contributed by atoms with Gasteiger partial charge < -0.3 is 14.4 Å². The Hall–Kier alpha value is -1.73. The smallest absolute Gasteiger partial charge is 0.143 e. The van der Waals surface area contributed by atoms with Gasteiger partial charge in [-0.05, 0) is 26.0 Å². The Bertz CT molecular complexity index is 440. The van der Waals surface area contributed by atoms with Crippen LogP contribution in [0.4, 0.5) is 5.69 Å². The molecule has 0 radical (unpaired) electrons. The van der Waals surface area contributed by atoms with Gasteiger partial charge in [-0.2, -0.15) is 5.26 Å². The van der Waals surface area contributed by atoms with Crippen molar-refractivity contribution < 1.29 is 9.47 Å². The van der Waals surface area contributed by atoms with Crippen LogP contribution in [-0.2, 0) is 4.74 Å². The maximum atomic E-state index is 9.18. The average molecular weight is 246 g/mol.